The number of carbonyl (C=O) groups excluding carboxylic acids is 1. The summed E-state index contributed by atoms with van der Waals surface area (Å²) in [5.41, 5.74) is 0.188. The SMILES string of the molecule is CCOC(=O)c1coc(NCCCCn2ccnc2)n1. The van der Waals surface area contributed by atoms with Gasteiger partial charge >= 0.3 is 5.97 Å². The fraction of sp³-hybridized carbons (Fsp3) is 0.462. The summed E-state index contributed by atoms with van der Waals surface area (Å²) in [6.07, 6.45) is 8.79. The maximum absolute atomic E-state index is 11.4. The van der Waals surface area contributed by atoms with E-state index in [0.29, 0.717) is 12.6 Å². The highest BCUT2D eigenvalue weighted by Gasteiger charge is 2.12. The van der Waals surface area contributed by atoms with E-state index in [9.17, 15) is 4.79 Å². The van der Waals surface area contributed by atoms with E-state index in [1.165, 1.54) is 6.26 Å². The fourth-order valence-corrected chi connectivity index (χ4v) is 1.69. The second-order valence-electron chi connectivity index (χ2n) is 4.19. The number of nitrogens with one attached hydrogen (secondary N) is 1. The lowest BCUT2D eigenvalue weighted by molar-refractivity contribution is 0.0519. The molecule has 2 heterocycles. The number of hydrogen-bond acceptors (Lipinski definition) is 6. The number of oxazole rings is 1. The van der Waals surface area contributed by atoms with E-state index in [2.05, 4.69) is 15.3 Å². The van der Waals surface area contributed by atoms with Crippen LogP contribution >= 0.6 is 0 Å². The van der Waals surface area contributed by atoms with Crippen molar-refractivity contribution in [3.63, 3.8) is 0 Å². The van der Waals surface area contributed by atoms with Crippen LogP contribution in [0.3, 0.4) is 0 Å². The Morgan fingerprint density at radius 2 is 2.40 bits per heavy atom. The summed E-state index contributed by atoms with van der Waals surface area (Å²) in [5, 5.41) is 3.03. The summed E-state index contributed by atoms with van der Waals surface area (Å²) in [6.45, 7) is 3.74. The van der Waals surface area contributed by atoms with Crippen molar-refractivity contribution in [2.45, 2.75) is 26.3 Å². The van der Waals surface area contributed by atoms with Crippen LogP contribution in [0.15, 0.2) is 29.4 Å². The van der Waals surface area contributed by atoms with Gasteiger partial charge in [-0.1, -0.05) is 0 Å². The molecule has 2 rings (SSSR count). The number of esters is 1. The fourth-order valence-electron chi connectivity index (χ4n) is 1.69. The van der Waals surface area contributed by atoms with Crippen molar-refractivity contribution in [2.24, 2.45) is 0 Å². The van der Waals surface area contributed by atoms with Crippen molar-refractivity contribution < 1.29 is 13.9 Å². The van der Waals surface area contributed by atoms with E-state index in [1.54, 1.807) is 19.4 Å². The third-order valence-electron chi connectivity index (χ3n) is 2.67. The van der Waals surface area contributed by atoms with Crippen LogP contribution in [0.2, 0.25) is 0 Å². The second kappa shape index (κ2) is 7.32. The number of imidazole rings is 1. The number of carbonyl (C=O) groups is 1. The van der Waals surface area contributed by atoms with Gasteiger partial charge in [0.25, 0.3) is 6.01 Å². The maximum Gasteiger partial charge on any atom is 0.360 e. The van der Waals surface area contributed by atoms with Gasteiger partial charge in [-0.3, -0.25) is 0 Å². The molecule has 2 aromatic rings. The topological polar surface area (TPSA) is 82.2 Å². The van der Waals surface area contributed by atoms with E-state index in [4.69, 9.17) is 9.15 Å². The molecule has 0 bridgehead atoms. The first-order chi connectivity index (χ1) is 9.79. The summed E-state index contributed by atoms with van der Waals surface area (Å²) in [7, 11) is 0. The number of aryl methyl sites for hydroxylation is 1. The Bertz CT molecular complexity index is 521. The number of anilines is 1. The number of unbranched alkanes of at least 4 members (excludes halogenated alkanes) is 1. The van der Waals surface area contributed by atoms with Gasteiger partial charge in [0, 0.05) is 25.5 Å². The first-order valence-electron chi connectivity index (χ1n) is 6.62. The lowest BCUT2D eigenvalue weighted by atomic mass is 10.3. The number of nitrogens with zero attached hydrogens (tertiary/aromatic N) is 3. The predicted molar refractivity (Wildman–Crippen MR) is 72.4 cm³/mol. The molecule has 0 saturated heterocycles. The van der Waals surface area contributed by atoms with Crippen LogP contribution in [0.4, 0.5) is 6.01 Å². The number of ether oxygens (including phenoxy) is 1. The highest BCUT2D eigenvalue weighted by Crippen LogP contribution is 2.09. The molecule has 0 saturated carbocycles. The zero-order chi connectivity index (χ0) is 14.2. The van der Waals surface area contributed by atoms with Crippen LogP contribution in [0, 0.1) is 0 Å². The molecule has 0 aliphatic rings. The molecule has 0 aliphatic heterocycles. The van der Waals surface area contributed by atoms with Gasteiger partial charge in [-0.05, 0) is 19.8 Å². The smallest absolute Gasteiger partial charge is 0.360 e. The van der Waals surface area contributed by atoms with E-state index < -0.39 is 5.97 Å². The van der Waals surface area contributed by atoms with Crippen molar-refractivity contribution in [1.82, 2.24) is 14.5 Å². The molecule has 7 heteroatoms. The zero-order valence-electron chi connectivity index (χ0n) is 11.4. The summed E-state index contributed by atoms with van der Waals surface area (Å²) in [5.74, 6) is -0.468. The van der Waals surface area contributed by atoms with Crippen molar-refractivity contribution >= 4 is 12.0 Å². The average molecular weight is 278 g/mol. The molecular weight excluding hydrogens is 260 g/mol. The molecular formula is C13H18N4O3. The Labute approximate surface area is 117 Å². The van der Waals surface area contributed by atoms with Gasteiger partial charge in [-0.2, -0.15) is 4.98 Å². The van der Waals surface area contributed by atoms with Gasteiger partial charge in [-0.15, -0.1) is 0 Å². The molecule has 20 heavy (non-hydrogen) atoms. The maximum atomic E-state index is 11.4. The van der Waals surface area contributed by atoms with Crippen LogP contribution in [-0.4, -0.2) is 33.7 Å². The van der Waals surface area contributed by atoms with Gasteiger partial charge < -0.3 is 19.0 Å². The molecule has 0 aromatic carbocycles. The Morgan fingerprint density at radius 3 is 3.15 bits per heavy atom. The van der Waals surface area contributed by atoms with E-state index >= 15 is 0 Å². The summed E-state index contributed by atoms with van der Waals surface area (Å²) in [4.78, 5) is 19.4. The Kier molecular flexibility index (Phi) is 5.16. The minimum atomic E-state index is -0.468. The van der Waals surface area contributed by atoms with Gasteiger partial charge in [0.1, 0.15) is 6.26 Å². The first kappa shape index (κ1) is 14.1. The highest BCUT2D eigenvalue weighted by molar-refractivity contribution is 5.87. The van der Waals surface area contributed by atoms with Crippen LogP contribution < -0.4 is 5.32 Å². The van der Waals surface area contributed by atoms with E-state index in [-0.39, 0.29) is 5.69 Å². The molecule has 108 valence electrons. The molecule has 0 atom stereocenters. The monoisotopic (exact) mass is 278 g/mol. The molecule has 0 unspecified atom stereocenters. The van der Waals surface area contributed by atoms with Gasteiger partial charge in [0.05, 0.1) is 12.9 Å². The molecule has 0 amide bonds. The van der Waals surface area contributed by atoms with Gasteiger partial charge in [0.2, 0.25) is 0 Å². The molecule has 0 spiro atoms. The van der Waals surface area contributed by atoms with Crippen molar-refractivity contribution in [3.8, 4) is 0 Å². The summed E-state index contributed by atoms with van der Waals surface area (Å²) < 4.78 is 12.0. The molecule has 0 fully saturated rings. The second-order valence-corrected chi connectivity index (χ2v) is 4.19. The van der Waals surface area contributed by atoms with Gasteiger partial charge in [-0.25, -0.2) is 9.78 Å². The number of aromatic nitrogens is 3. The minimum absolute atomic E-state index is 0.188. The molecule has 0 aliphatic carbocycles. The Balaban J connectivity index is 1.65. The van der Waals surface area contributed by atoms with Crippen LogP contribution in [0.5, 0.6) is 0 Å². The predicted octanol–water partition coefficient (Wildman–Crippen LogP) is 1.94. The molecule has 1 N–H and O–H groups in total. The van der Waals surface area contributed by atoms with Crippen LogP contribution in [0.1, 0.15) is 30.3 Å². The lowest BCUT2D eigenvalue weighted by Gasteiger charge is -2.02. The van der Waals surface area contributed by atoms with Crippen LogP contribution in [0.25, 0.3) is 0 Å². The molecule has 0 radical (unpaired) electrons. The largest absolute Gasteiger partial charge is 0.461 e. The standard InChI is InChI=1S/C13H18N4O3/c1-2-19-12(18)11-9-20-13(16-11)15-5-3-4-7-17-8-6-14-10-17/h6,8-10H,2-5,7H2,1H3,(H,15,16). The molecule has 7 nitrogen and oxygen atoms in total. The number of rotatable bonds is 8. The average Bonchev–Trinajstić information content (AvgIpc) is 3.09. The first-order valence-corrected chi connectivity index (χ1v) is 6.62. The van der Waals surface area contributed by atoms with E-state index in [1.807, 2.05) is 10.8 Å². The Hall–Kier alpha value is -2.31. The summed E-state index contributed by atoms with van der Waals surface area (Å²) >= 11 is 0. The Morgan fingerprint density at radius 1 is 1.50 bits per heavy atom. The third kappa shape index (κ3) is 4.11. The lowest BCUT2D eigenvalue weighted by Crippen LogP contribution is -2.06. The molecule has 2 aromatic heterocycles. The third-order valence-corrected chi connectivity index (χ3v) is 2.67. The quantitative estimate of drug-likeness (QED) is 0.587. The summed E-state index contributed by atoms with van der Waals surface area (Å²) in [6, 6.07) is 0.343. The van der Waals surface area contributed by atoms with E-state index in [0.717, 1.165) is 25.9 Å². The van der Waals surface area contributed by atoms with Crippen LogP contribution in [-0.2, 0) is 11.3 Å². The zero-order valence-corrected chi connectivity index (χ0v) is 11.4. The number of hydrogen-bond donors (Lipinski definition) is 1. The van der Waals surface area contributed by atoms with Crippen molar-refractivity contribution in [1.29, 1.82) is 0 Å². The highest BCUT2D eigenvalue weighted by atomic mass is 16.5. The van der Waals surface area contributed by atoms with Crippen molar-refractivity contribution in [2.75, 3.05) is 18.5 Å². The minimum Gasteiger partial charge on any atom is -0.461 e. The van der Waals surface area contributed by atoms with Crippen molar-refractivity contribution in [3.05, 3.63) is 30.7 Å². The normalized spacial score (nSPS) is 10.4. The van der Waals surface area contributed by atoms with Gasteiger partial charge in [0.15, 0.2) is 5.69 Å².